The summed E-state index contributed by atoms with van der Waals surface area (Å²) < 4.78 is 5.41. The summed E-state index contributed by atoms with van der Waals surface area (Å²) in [6, 6.07) is 18.8. The largest absolute Gasteiger partial charge is 0.423 e. The van der Waals surface area contributed by atoms with Gasteiger partial charge in [0.2, 0.25) is 0 Å². The van der Waals surface area contributed by atoms with E-state index in [1.807, 2.05) is 19.9 Å². The molecule has 0 spiro atoms. The summed E-state index contributed by atoms with van der Waals surface area (Å²) in [6.07, 6.45) is 2.75. The lowest BCUT2D eigenvalue weighted by Crippen LogP contribution is -2.52. The second kappa shape index (κ2) is 11.5. The fraction of sp³-hybridized carbons (Fsp3) is 0.219. The van der Waals surface area contributed by atoms with Crippen LogP contribution in [0.25, 0.3) is 0 Å². The van der Waals surface area contributed by atoms with E-state index in [-0.39, 0.29) is 16.9 Å². The van der Waals surface area contributed by atoms with Gasteiger partial charge in [0.1, 0.15) is 12.3 Å². The first kappa shape index (κ1) is 28.0. The number of amides is 3. The zero-order chi connectivity index (χ0) is 29.3. The monoisotopic (exact) mass is 570 g/mol. The molecule has 0 radical (unpaired) electrons. The van der Waals surface area contributed by atoms with Crippen LogP contribution in [-0.4, -0.2) is 46.0 Å². The molecular formula is C32H27ClN2O6. The van der Waals surface area contributed by atoms with Gasteiger partial charge in [-0.2, -0.15) is 5.01 Å². The quantitative estimate of drug-likeness (QED) is 0.123. The molecule has 1 aliphatic carbocycles. The van der Waals surface area contributed by atoms with Gasteiger partial charge >= 0.3 is 5.97 Å². The molecule has 3 amide bonds. The fourth-order valence-electron chi connectivity index (χ4n) is 5.02. The summed E-state index contributed by atoms with van der Waals surface area (Å²) in [5.41, 5.74) is 2.78. The first-order valence-corrected chi connectivity index (χ1v) is 13.5. The molecule has 1 fully saturated rings. The highest BCUT2D eigenvalue weighted by Gasteiger charge is 2.51. The Balaban J connectivity index is 1.37. The standard InChI is InChI=1S/C32H27ClN2O6/c1-19-3-6-23(7-4-19)32(40)41-25-14-10-21(11-15-25)28(36)18-34(29(37)22-8-12-24(33)13-9-22)35-30(38)26-16-5-20(2)17-27(26)31(35)39/h3-15,26-27H,16-18H2,1-2H3/t26-,27-/m0/s1. The zero-order valence-corrected chi connectivity index (χ0v) is 23.3. The van der Waals surface area contributed by atoms with Crippen LogP contribution in [0.5, 0.6) is 5.75 Å². The van der Waals surface area contributed by atoms with Gasteiger partial charge in [0.25, 0.3) is 17.7 Å². The minimum atomic E-state index is -0.677. The van der Waals surface area contributed by atoms with Crippen LogP contribution >= 0.6 is 11.6 Å². The molecule has 3 aromatic carbocycles. The Kier molecular flexibility index (Phi) is 7.85. The van der Waals surface area contributed by atoms with Gasteiger partial charge in [-0.25, -0.2) is 9.80 Å². The van der Waals surface area contributed by atoms with Crippen LogP contribution in [0.4, 0.5) is 0 Å². The highest BCUT2D eigenvalue weighted by atomic mass is 35.5. The number of ketones is 1. The van der Waals surface area contributed by atoms with Gasteiger partial charge in [0.05, 0.1) is 17.4 Å². The predicted molar refractivity (Wildman–Crippen MR) is 151 cm³/mol. The van der Waals surface area contributed by atoms with E-state index < -0.39 is 47.9 Å². The molecule has 0 bridgehead atoms. The molecule has 5 rings (SSSR count). The van der Waals surface area contributed by atoms with Crippen molar-refractivity contribution in [1.29, 1.82) is 0 Å². The third-order valence-electron chi connectivity index (χ3n) is 7.33. The van der Waals surface area contributed by atoms with Crippen LogP contribution in [0.2, 0.25) is 5.02 Å². The topological polar surface area (TPSA) is 101 Å². The van der Waals surface area contributed by atoms with E-state index >= 15 is 0 Å². The maximum atomic E-state index is 13.6. The smallest absolute Gasteiger partial charge is 0.343 e. The van der Waals surface area contributed by atoms with Crippen molar-refractivity contribution in [3.8, 4) is 5.75 Å². The number of carbonyl (C=O) groups is 5. The maximum Gasteiger partial charge on any atom is 0.343 e. The number of hydrazine groups is 1. The predicted octanol–water partition coefficient (Wildman–Crippen LogP) is 5.45. The molecule has 1 heterocycles. The van der Waals surface area contributed by atoms with Crippen LogP contribution in [0.3, 0.4) is 0 Å². The van der Waals surface area contributed by atoms with Gasteiger partial charge in [-0.05, 0) is 87.4 Å². The lowest BCUT2D eigenvalue weighted by atomic mass is 9.82. The molecule has 8 nitrogen and oxygen atoms in total. The Morgan fingerprint density at radius 1 is 0.829 bits per heavy atom. The normalized spacial score (nSPS) is 18.0. The number of rotatable bonds is 7. The van der Waals surface area contributed by atoms with Crippen LogP contribution < -0.4 is 4.74 Å². The van der Waals surface area contributed by atoms with E-state index in [0.717, 1.165) is 21.2 Å². The molecule has 0 aromatic heterocycles. The maximum absolute atomic E-state index is 13.6. The Hall–Kier alpha value is -4.56. The number of fused-ring (bicyclic) bond motifs is 1. The molecule has 2 aliphatic rings. The second-order valence-electron chi connectivity index (χ2n) is 10.3. The lowest BCUT2D eigenvalue weighted by molar-refractivity contribution is -0.154. The van der Waals surface area contributed by atoms with Crippen molar-refractivity contribution < 1.29 is 28.7 Å². The molecule has 1 saturated heterocycles. The first-order chi connectivity index (χ1) is 19.6. The molecule has 0 N–H and O–H groups in total. The molecule has 0 saturated carbocycles. The van der Waals surface area contributed by atoms with Crippen molar-refractivity contribution in [1.82, 2.24) is 10.0 Å². The van der Waals surface area contributed by atoms with Gasteiger partial charge in [-0.3, -0.25) is 19.2 Å². The summed E-state index contributed by atoms with van der Waals surface area (Å²) in [5.74, 6) is -3.65. The highest BCUT2D eigenvalue weighted by Crippen LogP contribution is 2.38. The Morgan fingerprint density at radius 2 is 1.41 bits per heavy atom. The van der Waals surface area contributed by atoms with Gasteiger partial charge in [-0.1, -0.05) is 40.9 Å². The van der Waals surface area contributed by atoms with E-state index in [2.05, 4.69) is 0 Å². The Bertz CT molecular complexity index is 1560. The van der Waals surface area contributed by atoms with Crippen LogP contribution in [0.15, 0.2) is 84.4 Å². The third kappa shape index (κ3) is 5.83. The minimum absolute atomic E-state index is 0.172. The number of ether oxygens (including phenoxy) is 1. The fourth-order valence-corrected chi connectivity index (χ4v) is 5.15. The molecule has 0 unspecified atom stereocenters. The molecular weight excluding hydrogens is 544 g/mol. The van der Waals surface area contributed by atoms with E-state index in [4.69, 9.17) is 16.3 Å². The lowest BCUT2D eigenvalue weighted by Gasteiger charge is -2.30. The number of hydrogen-bond donors (Lipinski definition) is 0. The van der Waals surface area contributed by atoms with E-state index in [1.165, 1.54) is 48.5 Å². The van der Waals surface area contributed by atoms with Crippen molar-refractivity contribution in [2.45, 2.75) is 26.7 Å². The average molecular weight is 571 g/mol. The Morgan fingerprint density at radius 3 is 2.07 bits per heavy atom. The first-order valence-electron chi connectivity index (χ1n) is 13.2. The second-order valence-corrected chi connectivity index (χ2v) is 10.7. The number of halogens is 1. The summed E-state index contributed by atoms with van der Waals surface area (Å²) in [5, 5.41) is 2.18. The van der Waals surface area contributed by atoms with Crippen molar-refractivity contribution >= 4 is 41.1 Å². The molecule has 9 heteroatoms. The van der Waals surface area contributed by atoms with Gasteiger partial charge in [-0.15, -0.1) is 0 Å². The number of hydrogen-bond acceptors (Lipinski definition) is 6. The van der Waals surface area contributed by atoms with E-state index in [0.29, 0.717) is 23.4 Å². The average Bonchev–Trinajstić information content (AvgIpc) is 3.20. The molecule has 2 atom stereocenters. The van der Waals surface area contributed by atoms with Crippen LogP contribution in [0, 0.1) is 18.8 Å². The van der Waals surface area contributed by atoms with Crippen LogP contribution in [-0.2, 0) is 9.59 Å². The summed E-state index contributed by atoms with van der Waals surface area (Å²) in [6.45, 7) is 3.27. The number of nitrogens with zero attached hydrogens (tertiary/aromatic N) is 2. The number of aryl methyl sites for hydroxylation is 1. The Labute approximate surface area is 242 Å². The van der Waals surface area contributed by atoms with Gasteiger partial charge in [0.15, 0.2) is 5.78 Å². The molecule has 41 heavy (non-hydrogen) atoms. The number of Topliss-reactive ketones (excluding diaryl/α,β-unsaturated/α-hetero) is 1. The van der Waals surface area contributed by atoms with Gasteiger partial charge in [0, 0.05) is 16.1 Å². The minimum Gasteiger partial charge on any atom is -0.423 e. The zero-order valence-electron chi connectivity index (χ0n) is 22.5. The number of allylic oxidation sites excluding steroid dienone is 2. The van der Waals surface area contributed by atoms with Crippen molar-refractivity contribution in [2.75, 3.05) is 6.54 Å². The number of benzene rings is 3. The summed E-state index contributed by atoms with van der Waals surface area (Å²) in [4.78, 5) is 66.3. The van der Waals surface area contributed by atoms with E-state index in [9.17, 15) is 24.0 Å². The number of imide groups is 1. The SMILES string of the molecule is CC1=CC[C@@H]2C(=O)N(N(CC(=O)c3ccc(OC(=O)c4ccc(C)cc4)cc3)C(=O)c3ccc(Cl)cc3)C(=O)[C@H]2C1. The summed E-state index contributed by atoms with van der Waals surface area (Å²) >= 11 is 5.98. The van der Waals surface area contributed by atoms with Crippen molar-refractivity contribution in [3.05, 3.63) is 112 Å². The molecule has 208 valence electrons. The number of esters is 1. The highest BCUT2D eigenvalue weighted by molar-refractivity contribution is 6.30. The summed E-state index contributed by atoms with van der Waals surface area (Å²) in [7, 11) is 0. The number of carbonyl (C=O) groups excluding carboxylic acids is 5. The molecule has 3 aromatic rings. The third-order valence-corrected chi connectivity index (χ3v) is 7.59. The van der Waals surface area contributed by atoms with Gasteiger partial charge < -0.3 is 4.74 Å². The van der Waals surface area contributed by atoms with Crippen LogP contribution in [0.1, 0.15) is 56.4 Å². The van der Waals surface area contributed by atoms with Crippen molar-refractivity contribution in [3.63, 3.8) is 0 Å². The van der Waals surface area contributed by atoms with E-state index in [1.54, 1.807) is 24.3 Å². The molecule has 1 aliphatic heterocycles. The van der Waals surface area contributed by atoms with Crippen molar-refractivity contribution in [2.24, 2.45) is 11.8 Å².